The van der Waals surface area contributed by atoms with Crippen LogP contribution in [0.4, 0.5) is 0 Å². The molecule has 0 bridgehead atoms. The summed E-state index contributed by atoms with van der Waals surface area (Å²) in [5, 5.41) is -0.391. The van der Waals surface area contributed by atoms with E-state index >= 15 is 0 Å². The molecule has 0 radical (unpaired) electrons. The number of Topliss-reactive ketones (excluding diaryl/α,β-unsaturated/α-hetero) is 1. The number of hydrogen-bond donors (Lipinski definition) is 0. The Morgan fingerprint density at radius 1 is 1.29 bits per heavy atom. The van der Waals surface area contributed by atoms with Gasteiger partial charge in [-0.3, -0.25) is 4.79 Å². The van der Waals surface area contributed by atoms with Crippen molar-refractivity contribution in [2.75, 3.05) is 0 Å². The van der Waals surface area contributed by atoms with Gasteiger partial charge in [0, 0.05) is 5.56 Å². The fourth-order valence-corrected chi connectivity index (χ4v) is 1.79. The van der Waals surface area contributed by atoms with Crippen LogP contribution in [-0.2, 0) is 0 Å². The fourth-order valence-electron chi connectivity index (χ4n) is 1.30. The second kappa shape index (κ2) is 5.16. The number of rotatable bonds is 4. The van der Waals surface area contributed by atoms with Crippen molar-refractivity contribution >= 4 is 17.4 Å². The molecular weight excluding hydrogens is 196 g/mol. The maximum atomic E-state index is 11.7. The second-order valence-electron chi connectivity index (χ2n) is 3.83. The van der Waals surface area contributed by atoms with E-state index in [1.54, 1.807) is 12.1 Å². The quantitative estimate of drug-likeness (QED) is 0.549. The number of hydrogen-bond acceptors (Lipinski definition) is 1. The zero-order chi connectivity index (χ0) is 10.6. The molecule has 1 aromatic rings. The van der Waals surface area contributed by atoms with Crippen LogP contribution in [0.2, 0.25) is 0 Å². The molecule has 0 spiro atoms. The van der Waals surface area contributed by atoms with Gasteiger partial charge in [0.25, 0.3) is 0 Å². The molecule has 0 aliphatic rings. The topological polar surface area (TPSA) is 17.1 Å². The molecule has 1 nitrogen and oxygen atoms in total. The lowest BCUT2D eigenvalue weighted by Crippen LogP contribution is -2.16. The molecule has 76 valence electrons. The maximum absolute atomic E-state index is 11.7. The molecule has 0 N–H and O–H groups in total. The van der Waals surface area contributed by atoms with E-state index in [4.69, 9.17) is 11.6 Å². The SMILES string of the molecule is CC(C)CC(Cl)C(=O)c1ccccc1. The van der Waals surface area contributed by atoms with Crippen molar-refractivity contribution in [1.82, 2.24) is 0 Å². The summed E-state index contributed by atoms with van der Waals surface area (Å²) < 4.78 is 0. The van der Waals surface area contributed by atoms with E-state index in [1.165, 1.54) is 0 Å². The minimum Gasteiger partial charge on any atom is -0.293 e. The van der Waals surface area contributed by atoms with Crippen LogP contribution in [0.3, 0.4) is 0 Å². The average molecular weight is 211 g/mol. The van der Waals surface area contributed by atoms with E-state index in [2.05, 4.69) is 13.8 Å². The Bertz CT molecular complexity index is 292. The molecule has 0 saturated carbocycles. The van der Waals surface area contributed by atoms with Crippen molar-refractivity contribution in [3.8, 4) is 0 Å². The first kappa shape index (κ1) is 11.3. The van der Waals surface area contributed by atoms with Gasteiger partial charge in [-0.15, -0.1) is 11.6 Å². The van der Waals surface area contributed by atoms with Crippen LogP contribution in [0.5, 0.6) is 0 Å². The molecular formula is C12H15ClO. The van der Waals surface area contributed by atoms with Gasteiger partial charge in [0.05, 0.1) is 5.38 Å². The highest BCUT2D eigenvalue weighted by molar-refractivity contribution is 6.33. The smallest absolute Gasteiger partial charge is 0.180 e. The predicted molar refractivity (Wildman–Crippen MR) is 59.9 cm³/mol. The Kier molecular flexibility index (Phi) is 4.15. The normalized spacial score (nSPS) is 12.9. The fraction of sp³-hybridized carbons (Fsp3) is 0.417. The summed E-state index contributed by atoms with van der Waals surface area (Å²) in [7, 11) is 0. The number of benzene rings is 1. The van der Waals surface area contributed by atoms with Crippen LogP contribution in [0.25, 0.3) is 0 Å². The molecule has 0 amide bonds. The standard InChI is InChI=1S/C12H15ClO/c1-9(2)8-11(13)12(14)10-6-4-3-5-7-10/h3-7,9,11H,8H2,1-2H3. The Balaban J connectivity index is 2.66. The number of halogens is 1. The summed E-state index contributed by atoms with van der Waals surface area (Å²) in [6.07, 6.45) is 0.731. The summed E-state index contributed by atoms with van der Waals surface area (Å²) in [6, 6.07) is 9.21. The average Bonchev–Trinajstić information content (AvgIpc) is 2.17. The summed E-state index contributed by atoms with van der Waals surface area (Å²) >= 11 is 6.01. The van der Waals surface area contributed by atoms with Gasteiger partial charge in [-0.2, -0.15) is 0 Å². The zero-order valence-corrected chi connectivity index (χ0v) is 9.29. The molecule has 0 saturated heterocycles. The predicted octanol–water partition coefficient (Wildman–Crippen LogP) is 3.52. The maximum Gasteiger partial charge on any atom is 0.180 e. The molecule has 0 aliphatic heterocycles. The lowest BCUT2D eigenvalue weighted by atomic mass is 10.0. The van der Waals surface area contributed by atoms with E-state index in [9.17, 15) is 4.79 Å². The van der Waals surface area contributed by atoms with Crippen LogP contribution in [0.1, 0.15) is 30.6 Å². The third kappa shape index (κ3) is 3.15. The van der Waals surface area contributed by atoms with Crippen LogP contribution < -0.4 is 0 Å². The van der Waals surface area contributed by atoms with Crippen LogP contribution in [0, 0.1) is 5.92 Å². The molecule has 1 aromatic carbocycles. The molecule has 14 heavy (non-hydrogen) atoms. The van der Waals surface area contributed by atoms with Crippen molar-refractivity contribution in [3.05, 3.63) is 35.9 Å². The molecule has 0 aromatic heterocycles. The highest BCUT2D eigenvalue weighted by Gasteiger charge is 2.17. The van der Waals surface area contributed by atoms with Crippen molar-refractivity contribution in [2.45, 2.75) is 25.6 Å². The number of alkyl halides is 1. The van der Waals surface area contributed by atoms with Crippen molar-refractivity contribution in [1.29, 1.82) is 0 Å². The Labute approximate surface area is 90.1 Å². The Morgan fingerprint density at radius 2 is 1.86 bits per heavy atom. The van der Waals surface area contributed by atoms with Gasteiger partial charge in [0.1, 0.15) is 0 Å². The van der Waals surface area contributed by atoms with Gasteiger partial charge >= 0.3 is 0 Å². The van der Waals surface area contributed by atoms with E-state index in [0.29, 0.717) is 11.5 Å². The molecule has 0 aliphatic carbocycles. The Morgan fingerprint density at radius 3 is 2.36 bits per heavy atom. The summed E-state index contributed by atoms with van der Waals surface area (Å²) in [4.78, 5) is 11.7. The van der Waals surface area contributed by atoms with Gasteiger partial charge in [-0.05, 0) is 12.3 Å². The highest BCUT2D eigenvalue weighted by Crippen LogP contribution is 2.15. The molecule has 1 unspecified atom stereocenters. The second-order valence-corrected chi connectivity index (χ2v) is 4.35. The third-order valence-electron chi connectivity index (χ3n) is 2.02. The first-order chi connectivity index (χ1) is 6.61. The number of carbonyl (C=O) groups excluding carboxylic acids is 1. The van der Waals surface area contributed by atoms with Gasteiger partial charge in [0.15, 0.2) is 5.78 Å². The Hall–Kier alpha value is -0.820. The monoisotopic (exact) mass is 210 g/mol. The minimum atomic E-state index is -0.391. The first-order valence-corrected chi connectivity index (χ1v) is 5.28. The summed E-state index contributed by atoms with van der Waals surface area (Å²) in [6.45, 7) is 4.13. The third-order valence-corrected chi connectivity index (χ3v) is 2.40. The van der Waals surface area contributed by atoms with Crippen LogP contribution >= 0.6 is 11.6 Å². The molecule has 1 rings (SSSR count). The van der Waals surface area contributed by atoms with Crippen LogP contribution in [-0.4, -0.2) is 11.2 Å². The van der Waals surface area contributed by atoms with Gasteiger partial charge < -0.3 is 0 Å². The van der Waals surface area contributed by atoms with Gasteiger partial charge in [-0.25, -0.2) is 0 Å². The van der Waals surface area contributed by atoms with E-state index in [0.717, 1.165) is 6.42 Å². The minimum absolute atomic E-state index is 0.0287. The molecule has 2 heteroatoms. The van der Waals surface area contributed by atoms with Gasteiger partial charge in [-0.1, -0.05) is 44.2 Å². The van der Waals surface area contributed by atoms with Gasteiger partial charge in [0.2, 0.25) is 0 Å². The first-order valence-electron chi connectivity index (χ1n) is 4.84. The van der Waals surface area contributed by atoms with E-state index in [1.807, 2.05) is 18.2 Å². The highest BCUT2D eigenvalue weighted by atomic mass is 35.5. The molecule has 0 heterocycles. The van der Waals surface area contributed by atoms with Crippen molar-refractivity contribution < 1.29 is 4.79 Å². The van der Waals surface area contributed by atoms with Crippen LogP contribution in [0.15, 0.2) is 30.3 Å². The molecule has 0 fully saturated rings. The molecule has 1 atom stereocenters. The lowest BCUT2D eigenvalue weighted by molar-refractivity contribution is 0.0980. The largest absolute Gasteiger partial charge is 0.293 e. The zero-order valence-electron chi connectivity index (χ0n) is 8.53. The van der Waals surface area contributed by atoms with Crippen molar-refractivity contribution in [3.63, 3.8) is 0 Å². The number of carbonyl (C=O) groups is 1. The summed E-state index contributed by atoms with van der Waals surface area (Å²) in [5.41, 5.74) is 0.702. The number of ketones is 1. The van der Waals surface area contributed by atoms with E-state index in [-0.39, 0.29) is 5.78 Å². The lowest BCUT2D eigenvalue weighted by Gasteiger charge is -2.10. The summed E-state index contributed by atoms with van der Waals surface area (Å²) in [5.74, 6) is 0.478. The van der Waals surface area contributed by atoms with E-state index < -0.39 is 5.38 Å². The van der Waals surface area contributed by atoms with Crippen molar-refractivity contribution in [2.24, 2.45) is 5.92 Å².